The van der Waals surface area contributed by atoms with Gasteiger partial charge in [-0.1, -0.05) is 82.9 Å². The van der Waals surface area contributed by atoms with Gasteiger partial charge < -0.3 is 18.9 Å². The summed E-state index contributed by atoms with van der Waals surface area (Å²) in [6, 6.07) is 13.4. The molecular weight excluding hydrogens is 659 g/mol. The molecule has 0 aliphatic carbocycles. The average Bonchev–Trinajstić information content (AvgIpc) is 3.08. The van der Waals surface area contributed by atoms with Crippen LogP contribution in [0.15, 0.2) is 60.7 Å². The normalized spacial score (nSPS) is 12.1. The van der Waals surface area contributed by atoms with Crippen LogP contribution < -0.4 is 9.47 Å². The predicted molar refractivity (Wildman–Crippen MR) is 182 cm³/mol. The molecule has 0 heterocycles. The van der Waals surface area contributed by atoms with Crippen LogP contribution in [0, 0.1) is 11.6 Å². The highest BCUT2D eigenvalue weighted by molar-refractivity contribution is 5.92. The molecule has 274 valence electrons. The molecule has 3 aromatic carbocycles. The zero-order chi connectivity index (χ0) is 36.4. The monoisotopic (exact) mass is 706 g/mol. The number of benzene rings is 3. The summed E-state index contributed by atoms with van der Waals surface area (Å²) in [6.07, 6.45) is 4.67. The summed E-state index contributed by atoms with van der Waals surface area (Å²) in [5, 5.41) is 0. The van der Waals surface area contributed by atoms with Gasteiger partial charge in [-0.25, -0.2) is 18.4 Å². The van der Waals surface area contributed by atoms with Gasteiger partial charge in [-0.05, 0) is 73.2 Å². The van der Waals surface area contributed by atoms with E-state index in [2.05, 4.69) is 11.7 Å². The van der Waals surface area contributed by atoms with Gasteiger partial charge in [-0.2, -0.15) is 13.2 Å². The largest absolute Gasteiger partial charge is 0.491 e. The Morgan fingerprint density at radius 2 is 1.30 bits per heavy atom. The Balaban J connectivity index is 1.48. The molecule has 0 aliphatic heterocycles. The lowest BCUT2D eigenvalue weighted by Gasteiger charge is -2.21. The number of unbranched alkanes of at least 4 members (excludes halogenated alkanes) is 10. The molecular formula is C39H47F5O6. The van der Waals surface area contributed by atoms with E-state index in [0.29, 0.717) is 30.2 Å². The van der Waals surface area contributed by atoms with E-state index in [4.69, 9.17) is 14.2 Å². The highest BCUT2D eigenvalue weighted by Gasteiger charge is 2.42. The van der Waals surface area contributed by atoms with Gasteiger partial charge in [-0.15, -0.1) is 0 Å². The Labute approximate surface area is 291 Å². The molecule has 0 aromatic heterocycles. The van der Waals surface area contributed by atoms with Gasteiger partial charge in [0, 0.05) is 19.8 Å². The predicted octanol–water partition coefficient (Wildman–Crippen LogP) is 11.1. The first-order valence-electron chi connectivity index (χ1n) is 17.3. The number of esters is 2. The van der Waals surface area contributed by atoms with Crippen molar-refractivity contribution in [1.29, 1.82) is 0 Å². The zero-order valence-corrected chi connectivity index (χ0v) is 28.8. The number of hydrogen-bond donors (Lipinski definition) is 0. The van der Waals surface area contributed by atoms with Crippen LogP contribution in [0.3, 0.4) is 0 Å². The van der Waals surface area contributed by atoms with Crippen molar-refractivity contribution in [1.82, 2.24) is 0 Å². The Kier molecular flexibility index (Phi) is 17.2. The molecule has 0 radical (unpaired) electrons. The van der Waals surface area contributed by atoms with Gasteiger partial charge in [0.15, 0.2) is 17.7 Å². The van der Waals surface area contributed by atoms with Crippen LogP contribution in [0.4, 0.5) is 22.0 Å². The molecule has 0 saturated heterocycles. The molecule has 0 N–H and O–H groups in total. The summed E-state index contributed by atoms with van der Waals surface area (Å²) in [4.78, 5) is 25.1. The molecule has 0 fully saturated rings. The molecule has 0 aliphatic rings. The van der Waals surface area contributed by atoms with Crippen molar-refractivity contribution in [3.05, 3.63) is 83.4 Å². The summed E-state index contributed by atoms with van der Waals surface area (Å²) in [5.74, 6) is -4.14. The van der Waals surface area contributed by atoms with Gasteiger partial charge in [-0.3, -0.25) is 0 Å². The van der Waals surface area contributed by atoms with Gasteiger partial charge in [0.25, 0.3) is 0 Å². The first-order valence-corrected chi connectivity index (χ1v) is 17.3. The van der Waals surface area contributed by atoms with Crippen molar-refractivity contribution >= 4 is 11.9 Å². The van der Waals surface area contributed by atoms with Crippen LogP contribution in [-0.2, 0) is 9.47 Å². The van der Waals surface area contributed by atoms with Crippen molar-refractivity contribution in [3.8, 4) is 22.6 Å². The van der Waals surface area contributed by atoms with E-state index < -0.39 is 47.8 Å². The minimum absolute atomic E-state index is 0.0846. The summed E-state index contributed by atoms with van der Waals surface area (Å²) in [6.45, 7) is 2.90. The maximum Gasteiger partial charge on any atom is 0.425 e. The molecule has 3 aromatic rings. The highest BCUT2D eigenvalue weighted by atomic mass is 19.4. The smallest absolute Gasteiger partial charge is 0.425 e. The van der Waals surface area contributed by atoms with Gasteiger partial charge in [0.1, 0.15) is 11.6 Å². The Morgan fingerprint density at radius 3 is 1.90 bits per heavy atom. The number of carbonyl (C=O) groups excluding carboxylic acids is 2. The number of carbonyl (C=O) groups is 2. The van der Waals surface area contributed by atoms with Crippen molar-refractivity contribution in [3.63, 3.8) is 0 Å². The number of ether oxygens (including phenoxy) is 4. The van der Waals surface area contributed by atoms with Crippen molar-refractivity contribution < 1.29 is 50.5 Å². The highest BCUT2D eigenvalue weighted by Crippen LogP contribution is 2.30. The maximum atomic E-state index is 14.8. The van der Waals surface area contributed by atoms with Gasteiger partial charge >= 0.3 is 18.1 Å². The fourth-order valence-corrected chi connectivity index (χ4v) is 5.32. The SMILES string of the molecule is CCCCCCCCCCCCOc1ccc(-c2ccc(C(=O)Oc3ccc(C(=O)O[C@H](CCCCOC)C(F)(F)F)c(F)c3)cc2)cc1F. The second kappa shape index (κ2) is 21.3. The van der Waals surface area contributed by atoms with Crippen molar-refractivity contribution in [2.75, 3.05) is 20.3 Å². The molecule has 0 unspecified atom stereocenters. The summed E-state index contributed by atoms with van der Waals surface area (Å²) in [5.41, 5.74) is 0.575. The molecule has 1 atom stereocenters. The minimum Gasteiger partial charge on any atom is -0.491 e. The lowest BCUT2D eigenvalue weighted by atomic mass is 10.0. The van der Waals surface area contributed by atoms with Crippen molar-refractivity contribution in [2.45, 2.75) is 103 Å². The topological polar surface area (TPSA) is 71.1 Å². The van der Waals surface area contributed by atoms with E-state index in [1.54, 1.807) is 24.3 Å². The summed E-state index contributed by atoms with van der Waals surface area (Å²) < 4.78 is 89.8. The third-order valence-corrected chi connectivity index (χ3v) is 8.19. The van der Waals surface area contributed by atoms with Crippen LogP contribution in [-0.4, -0.2) is 44.5 Å². The first-order chi connectivity index (χ1) is 24.0. The second-order valence-electron chi connectivity index (χ2n) is 12.2. The molecule has 0 spiro atoms. The summed E-state index contributed by atoms with van der Waals surface area (Å²) in [7, 11) is 1.42. The maximum absolute atomic E-state index is 14.8. The van der Waals surface area contributed by atoms with Crippen LogP contribution in [0.1, 0.15) is 111 Å². The molecule has 50 heavy (non-hydrogen) atoms. The standard InChI is InChI=1S/C39H47F5O6/c1-3-4-5-6-7-8-9-10-11-13-25-48-35-23-20-30(26-34(35)41)28-16-18-29(19-17-28)37(45)49-31-21-22-32(33(40)27-31)38(46)50-36(39(42,43)44)15-12-14-24-47-2/h16-23,26-27,36H,3-15,24-25H2,1-2H3/t36-/m1/s1. The van der Waals surface area contributed by atoms with E-state index in [0.717, 1.165) is 31.4 Å². The molecule has 0 bridgehead atoms. The number of rotatable bonds is 22. The minimum atomic E-state index is -4.83. The first kappa shape index (κ1) is 40.4. The Morgan fingerprint density at radius 1 is 0.680 bits per heavy atom. The van der Waals surface area contributed by atoms with E-state index in [-0.39, 0.29) is 30.1 Å². The third kappa shape index (κ3) is 13.7. The number of alkyl halides is 3. The van der Waals surface area contributed by atoms with Crippen LogP contribution in [0.5, 0.6) is 11.5 Å². The molecule has 0 saturated carbocycles. The van der Waals surface area contributed by atoms with Gasteiger partial charge in [0.2, 0.25) is 0 Å². The van der Waals surface area contributed by atoms with E-state index in [9.17, 15) is 31.5 Å². The van der Waals surface area contributed by atoms with E-state index in [1.165, 1.54) is 70.3 Å². The zero-order valence-electron chi connectivity index (χ0n) is 28.8. The molecule has 0 amide bonds. The Hall–Kier alpha value is -3.99. The van der Waals surface area contributed by atoms with E-state index >= 15 is 0 Å². The molecule has 6 nitrogen and oxygen atoms in total. The van der Waals surface area contributed by atoms with E-state index in [1.807, 2.05) is 0 Å². The van der Waals surface area contributed by atoms with Crippen LogP contribution in [0.2, 0.25) is 0 Å². The average molecular weight is 707 g/mol. The second-order valence-corrected chi connectivity index (χ2v) is 12.2. The van der Waals surface area contributed by atoms with Gasteiger partial charge in [0.05, 0.1) is 17.7 Å². The number of hydrogen-bond acceptors (Lipinski definition) is 6. The fraction of sp³-hybridized carbons (Fsp3) is 0.487. The number of methoxy groups -OCH3 is 1. The quantitative estimate of drug-likeness (QED) is 0.0448. The van der Waals surface area contributed by atoms with Crippen molar-refractivity contribution in [2.24, 2.45) is 0 Å². The number of halogens is 5. The lowest BCUT2D eigenvalue weighted by molar-refractivity contribution is -0.206. The lowest BCUT2D eigenvalue weighted by Crippen LogP contribution is -2.34. The third-order valence-electron chi connectivity index (χ3n) is 8.19. The van der Waals surface area contributed by atoms with Crippen LogP contribution in [0.25, 0.3) is 11.1 Å². The Bertz CT molecular complexity index is 1470. The van der Waals surface area contributed by atoms with Crippen LogP contribution >= 0.6 is 0 Å². The molecule has 3 rings (SSSR count). The fourth-order valence-electron chi connectivity index (χ4n) is 5.32. The summed E-state index contributed by atoms with van der Waals surface area (Å²) >= 11 is 0. The molecule has 11 heteroatoms.